The Bertz CT molecular complexity index is 974. The van der Waals surface area contributed by atoms with Crippen LogP contribution >= 0.6 is 22.6 Å². The van der Waals surface area contributed by atoms with Crippen molar-refractivity contribution >= 4 is 28.8 Å². The Morgan fingerprint density at radius 2 is 1.86 bits per heavy atom. The van der Waals surface area contributed by atoms with Crippen molar-refractivity contribution < 1.29 is 14.2 Å². The Morgan fingerprint density at radius 3 is 2.62 bits per heavy atom. The number of ether oxygens (including phenoxy) is 3. The average Bonchev–Trinajstić information content (AvgIpc) is 3.25. The van der Waals surface area contributed by atoms with Gasteiger partial charge in [0.05, 0.1) is 16.9 Å². The lowest BCUT2D eigenvalue weighted by molar-refractivity contribution is 0.209. The van der Waals surface area contributed by atoms with Crippen LogP contribution in [-0.4, -0.2) is 41.4 Å². The van der Waals surface area contributed by atoms with Crippen molar-refractivity contribution in [1.29, 1.82) is 0 Å². The van der Waals surface area contributed by atoms with Crippen molar-refractivity contribution in [3.8, 4) is 17.2 Å². The van der Waals surface area contributed by atoms with Crippen LogP contribution in [0.3, 0.4) is 0 Å². The molecule has 0 spiro atoms. The summed E-state index contributed by atoms with van der Waals surface area (Å²) in [6.07, 6.45) is 7.37. The first-order chi connectivity index (χ1) is 14.2. The van der Waals surface area contributed by atoms with Gasteiger partial charge < -0.3 is 14.2 Å². The molecule has 0 bridgehead atoms. The standard InChI is InChI=1S/C21H21IN4O3/c1-3-6-17-7-4-5-8-19(17)28-9-10-29-21-18(22)11-16(12-20(21)27-2)13-25-26-14-23-24-15-26/h3-5,7-8,11-15H,1,6,9-10H2,2H3/b25-13+. The maximum Gasteiger partial charge on any atom is 0.174 e. The third-order valence-corrected chi connectivity index (χ3v) is 4.72. The second-order valence-corrected chi connectivity index (χ2v) is 7.08. The molecule has 0 N–H and O–H groups in total. The smallest absolute Gasteiger partial charge is 0.174 e. The molecule has 150 valence electrons. The highest BCUT2D eigenvalue weighted by Crippen LogP contribution is 2.33. The molecule has 7 nitrogen and oxygen atoms in total. The summed E-state index contributed by atoms with van der Waals surface area (Å²) in [6.45, 7) is 4.60. The number of aromatic nitrogens is 3. The van der Waals surface area contributed by atoms with Crippen LogP contribution in [0.5, 0.6) is 17.2 Å². The van der Waals surface area contributed by atoms with Crippen molar-refractivity contribution in [3.05, 3.63) is 76.4 Å². The van der Waals surface area contributed by atoms with E-state index in [4.69, 9.17) is 14.2 Å². The van der Waals surface area contributed by atoms with Crippen molar-refractivity contribution in [1.82, 2.24) is 14.9 Å². The lowest BCUT2D eigenvalue weighted by Gasteiger charge is -2.15. The number of halogens is 1. The average molecular weight is 504 g/mol. The van der Waals surface area contributed by atoms with E-state index in [9.17, 15) is 0 Å². The van der Waals surface area contributed by atoms with E-state index in [1.807, 2.05) is 42.5 Å². The molecular formula is C21H21IN4O3. The fourth-order valence-electron chi connectivity index (χ4n) is 2.61. The van der Waals surface area contributed by atoms with E-state index >= 15 is 0 Å². The van der Waals surface area contributed by atoms with Crippen LogP contribution in [-0.2, 0) is 6.42 Å². The zero-order valence-corrected chi connectivity index (χ0v) is 18.2. The first-order valence-electron chi connectivity index (χ1n) is 8.92. The fraction of sp³-hybridized carbons (Fsp3) is 0.190. The van der Waals surface area contributed by atoms with Crippen molar-refractivity contribution in [2.75, 3.05) is 20.3 Å². The zero-order valence-electron chi connectivity index (χ0n) is 16.0. The second kappa shape index (κ2) is 10.6. The summed E-state index contributed by atoms with van der Waals surface area (Å²) in [5.74, 6) is 2.16. The molecule has 29 heavy (non-hydrogen) atoms. The summed E-state index contributed by atoms with van der Waals surface area (Å²) in [5, 5.41) is 11.7. The molecule has 0 aliphatic rings. The molecule has 0 unspecified atom stereocenters. The van der Waals surface area contributed by atoms with Gasteiger partial charge in [-0.15, -0.1) is 16.8 Å². The first-order valence-corrected chi connectivity index (χ1v) is 10.00. The maximum atomic E-state index is 5.94. The number of methoxy groups -OCH3 is 1. The number of nitrogens with zero attached hydrogens (tertiary/aromatic N) is 4. The summed E-state index contributed by atoms with van der Waals surface area (Å²) in [7, 11) is 1.61. The predicted octanol–water partition coefficient (Wildman–Crippen LogP) is 3.96. The topological polar surface area (TPSA) is 70.8 Å². The third kappa shape index (κ3) is 5.80. The second-order valence-electron chi connectivity index (χ2n) is 5.92. The third-order valence-electron chi connectivity index (χ3n) is 3.92. The molecule has 0 fully saturated rings. The lowest BCUT2D eigenvalue weighted by Crippen LogP contribution is -2.11. The van der Waals surface area contributed by atoms with E-state index in [2.05, 4.69) is 44.5 Å². The predicted molar refractivity (Wildman–Crippen MR) is 120 cm³/mol. The number of benzene rings is 2. The summed E-state index contributed by atoms with van der Waals surface area (Å²) in [6, 6.07) is 11.8. The van der Waals surface area contributed by atoms with Gasteiger partial charge in [-0.1, -0.05) is 24.3 Å². The van der Waals surface area contributed by atoms with E-state index in [1.165, 1.54) is 17.3 Å². The number of rotatable bonds is 10. The summed E-state index contributed by atoms with van der Waals surface area (Å²) < 4.78 is 19.7. The first kappa shape index (κ1) is 20.8. The van der Waals surface area contributed by atoms with Gasteiger partial charge >= 0.3 is 0 Å². The van der Waals surface area contributed by atoms with Gasteiger partial charge in [0.2, 0.25) is 0 Å². The van der Waals surface area contributed by atoms with Gasteiger partial charge in [-0.05, 0) is 58.3 Å². The number of hydrogen-bond acceptors (Lipinski definition) is 6. The van der Waals surface area contributed by atoms with Gasteiger partial charge in [0.25, 0.3) is 0 Å². The van der Waals surface area contributed by atoms with Gasteiger partial charge in [-0.2, -0.15) is 5.10 Å². The number of para-hydroxylation sites is 1. The Kier molecular flexibility index (Phi) is 7.62. The molecule has 2 aromatic carbocycles. The molecular weight excluding hydrogens is 483 g/mol. The largest absolute Gasteiger partial charge is 0.493 e. The van der Waals surface area contributed by atoms with Crippen LogP contribution in [0.25, 0.3) is 0 Å². The Hall–Kier alpha value is -2.88. The van der Waals surface area contributed by atoms with Crippen LogP contribution in [0.4, 0.5) is 0 Å². The monoisotopic (exact) mass is 504 g/mol. The Morgan fingerprint density at radius 1 is 1.10 bits per heavy atom. The maximum absolute atomic E-state index is 5.94. The van der Waals surface area contributed by atoms with E-state index in [1.54, 1.807) is 13.3 Å². The fourth-order valence-corrected chi connectivity index (χ4v) is 3.39. The van der Waals surface area contributed by atoms with Gasteiger partial charge in [0.15, 0.2) is 11.5 Å². The molecule has 1 aromatic heterocycles. The lowest BCUT2D eigenvalue weighted by atomic mass is 10.1. The quantitative estimate of drug-likeness (QED) is 0.181. The molecule has 0 atom stereocenters. The van der Waals surface area contributed by atoms with Crippen LogP contribution < -0.4 is 14.2 Å². The van der Waals surface area contributed by atoms with Gasteiger partial charge in [-0.3, -0.25) is 0 Å². The molecule has 0 aliphatic heterocycles. The van der Waals surface area contributed by atoms with Crippen molar-refractivity contribution in [2.24, 2.45) is 5.10 Å². The number of allylic oxidation sites excluding steroid dienone is 1. The van der Waals surface area contributed by atoms with Gasteiger partial charge in [-0.25, -0.2) is 4.68 Å². The molecule has 3 aromatic rings. The van der Waals surface area contributed by atoms with Crippen LogP contribution in [0.15, 0.2) is 66.8 Å². The zero-order chi connectivity index (χ0) is 20.5. The molecule has 0 saturated carbocycles. The minimum atomic E-state index is 0.392. The van der Waals surface area contributed by atoms with E-state index in [-0.39, 0.29) is 0 Å². The summed E-state index contributed by atoms with van der Waals surface area (Å²) >= 11 is 2.22. The SMILES string of the molecule is C=CCc1ccccc1OCCOc1c(I)cc(/C=N/n2cnnc2)cc1OC. The number of hydrogen-bond donors (Lipinski definition) is 0. The normalized spacial score (nSPS) is 10.8. The molecule has 1 heterocycles. The molecule has 8 heteroatoms. The Balaban J connectivity index is 1.62. The highest BCUT2D eigenvalue weighted by molar-refractivity contribution is 14.1. The van der Waals surface area contributed by atoms with E-state index in [0.717, 1.165) is 26.9 Å². The minimum Gasteiger partial charge on any atom is -0.493 e. The van der Waals surface area contributed by atoms with Gasteiger partial charge in [0, 0.05) is 0 Å². The van der Waals surface area contributed by atoms with E-state index in [0.29, 0.717) is 24.7 Å². The van der Waals surface area contributed by atoms with Crippen molar-refractivity contribution in [3.63, 3.8) is 0 Å². The minimum absolute atomic E-state index is 0.392. The van der Waals surface area contributed by atoms with E-state index < -0.39 is 0 Å². The molecule has 0 amide bonds. The molecule has 0 aliphatic carbocycles. The van der Waals surface area contributed by atoms with Crippen LogP contribution in [0, 0.1) is 3.57 Å². The Labute approximate surface area is 183 Å². The molecule has 3 rings (SSSR count). The summed E-state index contributed by atoms with van der Waals surface area (Å²) in [5.41, 5.74) is 1.98. The highest BCUT2D eigenvalue weighted by atomic mass is 127. The van der Waals surface area contributed by atoms with Crippen molar-refractivity contribution in [2.45, 2.75) is 6.42 Å². The molecule has 0 radical (unpaired) electrons. The van der Waals surface area contributed by atoms with Gasteiger partial charge in [0.1, 0.15) is 31.6 Å². The molecule has 0 saturated heterocycles. The van der Waals surface area contributed by atoms with Crippen LogP contribution in [0.2, 0.25) is 0 Å². The summed E-state index contributed by atoms with van der Waals surface area (Å²) in [4.78, 5) is 0. The highest BCUT2D eigenvalue weighted by Gasteiger charge is 2.11. The van der Waals surface area contributed by atoms with Crippen LogP contribution in [0.1, 0.15) is 11.1 Å².